The minimum absolute atomic E-state index is 0.0123. The molecule has 1 aromatic heterocycles. The first-order valence-electron chi connectivity index (χ1n) is 8.27. The van der Waals surface area contributed by atoms with E-state index in [1.54, 1.807) is 4.68 Å². The lowest BCUT2D eigenvalue weighted by atomic mass is 10.1. The molecular weight excluding hydrogens is 382 g/mol. The van der Waals surface area contributed by atoms with Crippen LogP contribution in [0.5, 0.6) is 0 Å². The molecule has 2 aromatic carbocycles. The summed E-state index contributed by atoms with van der Waals surface area (Å²) in [5, 5.41) is 7.31. The zero-order valence-corrected chi connectivity index (χ0v) is 16.7. The zero-order chi connectivity index (χ0) is 18.4. The molecule has 0 saturated carbocycles. The molecule has 0 fully saturated rings. The lowest BCUT2D eigenvalue weighted by molar-refractivity contribution is -0.120. The van der Waals surface area contributed by atoms with Crippen molar-refractivity contribution in [1.29, 1.82) is 0 Å². The molecule has 4 nitrogen and oxygen atoms in total. The fraction of sp³-hybridized carbons (Fsp3) is 0.211. The van der Waals surface area contributed by atoms with E-state index < -0.39 is 0 Å². The topological polar surface area (TPSA) is 46.9 Å². The Morgan fingerprint density at radius 1 is 1.19 bits per heavy atom. The molecule has 0 aliphatic heterocycles. The number of para-hydroxylation sites is 1. The lowest BCUT2D eigenvalue weighted by Crippen LogP contribution is -2.32. The van der Waals surface area contributed by atoms with Crippen LogP contribution in [0.3, 0.4) is 0 Å². The van der Waals surface area contributed by atoms with E-state index in [0.29, 0.717) is 10.5 Å². The second kappa shape index (κ2) is 9.12. The van der Waals surface area contributed by atoms with Gasteiger partial charge in [-0.2, -0.15) is 0 Å². The van der Waals surface area contributed by atoms with Crippen LogP contribution >= 0.6 is 35.3 Å². The summed E-state index contributed by atoms with van der Waals surface area (Å²) in [6.07, 6.45) is 0.825. The summed E-state index contributed by atoms with van der Waals surface area (Å²) < 4.78 is 3.21. The molecule has 1 atom stereocenters. The van der Waals surface area contributed by atoms with Crippen molar-refractivity contribution < 1.29 is 4.79 Å². The predicted molar refractivity (Wildman–Crippen MR) is 111 cm³/mol. The highest BCUT2D eigenvalue weighted by atomic mass is 32.2. The molecule has 3 aromatic rings. The van der Waals surface area contributed by atoms with Gasteiger partial charge in [-0.05, 0) is 43.3 Å². The van der Waals surface area contributed by atoms with Crippen LogP contribution in [0.25, 0.3) is 5.69 Å². The van der Waals surface area contributed by atoms with Crippen molar-refractivity contribution in [2.45, 2.75) is 22.9 Å². The Hall–Kier alpha value is -1.96. The number of nitrogens with zero attached hydrogens (tertiary/aromatic N) is 2. The molecule has 1 heterocycles. The van der Waals surface area contributed by atoms with Crippen molar-refractivity contribution in [2.75, 3.05) is 6.54 Å². The van der Waals surface area contributed by atoms with Crippen LogP contribution in [0.1, 0.15) is 12.5 Å². The van der Waals surface area contributed by atoms with Crippen LogP contribution in [0.2, 0.25) is 0 Å². The van der Waals surface area contributed by atoms with Crippen LogP contribution in [0.4, 0.5) is 0 Å². The normalized spacial score (nSPS) is 11.9. The molecule has 0 unspecified atom stereocenters. The Morgan fingerprint density at radius 2 is 1.85 bits per heavy atom. The van der Waals surface area contributed by atoms with Gasteiger partial charge < -0.3 is 5.32 Å². The molecule has 3 rings (SSSR count). The van der Waals surface area contributed by atoms with E-state index in [-0.39, 0.29) is 11.2 Å². The first-order chi connectivity index (χ1) is 12.6. The Balaban J connectivity index is 1.55. The van der Waals surface area contributed by atoms with Gasteiger partial charge in [0.2, 0.25) is 5.91 Å². The molecule has 7 heteroatoms. The number of hydrogen-bond acceptors (Lipinski definition) is 5. The molecule has 134 valence electrons. The third kappa shape index (κ3) is 5.03. The Labute approximate surface area is 166 Å². The molecule has 0 aliphatic rings. The molecule has 0 radical (unpaired) electrons. The molecule has 26 heavy (non-hydrogen) atoms. The first-order valence-corrected chi connectivity index (χ1v) is 10.4. The maximum atomic E-state index is 12.3. The minimum Gasteiger partial charge on any atom is -0.355 e. The summed E-state index contributed by atoms with van der Waals surface area (Å²) >= 11 is 8.26. The van der Waals surface area contributed by atoms with E-state index in [1.807, 2.05) is 55.5 Å². The highest BCUT2D eigenvalue weighted by Gasteiger charge is 2.17. The van der Waals surface area contributed by atoms with Gasteiger partial charge in [-0.25, -0.2) is 4.68 Å². The summed E-state index contributed by atoms with van der Waals surface area (Å²) in [5.41, 5.74) is 2.15. The summed E-state index contributed by atoms with van der Waals surface area (Å²) in [6, 6.07) is 19.9. The second-order valence-corrected chi connectivity index (χ2v) is 8.88. The largest absolute Gasteiger partial charge is 0.355 e. The van der Waals surface area contributed by atoms with Crippen LogP contribution in [0.15, 0.2) is 65.0 Å². The van der Waals surface area contributed by atoms with E-state index in [2.05, 4.69) is 22.5 Å². The van der Waals surface area contributed by atoms with Gasteiger partial charge in [0.1, 0.15) is 0 Å². The monoisotopic (exact) mass is 401 g/mol. The van der Waals surface area contributed by atoms with Crippen LogP contribution < -0.4 is 5.32 Å². The fourth-order valence-electron chi connectivity index (χ4n) is 2.36. The van der Waals surface area contributed by atoms with Gasteiger partial charge in [0.15, 0.2) is 8.29 Å². The van der Waals surface area contributed by atoms with Crippen molar-refractivity contribution in [3.8, 4) is 5.69 Å². The molecular formula is C19H19N3OS3. The maximum Gasteiger partial charge on any atom is 0.233 e. The van der Waals surface area contributed by atoms with Crippen molar-refractivity contribution >= 4 is 41.2 Å². The smallest absolute Gasteiger partial charge is 0.233 e. The average molecular weight is 402 g/mol. The number of benzene rings is 2. The van der Waals surface area contributed by atoms with Gasteiger partial charge in [-0.3, -0.25) is 4.79 Å². The number of carbonyl (C=O) groups excluding carboxylic acids is 1. The number of aromatic nitrogens is 2. The summed E-state index contributed by atoms with van der Waals surface area (Å²) in [5.74, 6) is 0.0123. The molecule has 0 spiro atoms. The molecule has 0 aliphatic carbocycles. The van der Waals surface area contributed by atoms with Crippen LogP contribution in [0, 0.1) is 3.95 Å². The standard InChI is InChI=1S/C19H19N3OS3/c1-14(17(23)20-13-12-15-8-4-2-5-9-15)25-18-21-22(19(24)26-18)16-10-6-3-7-11-16/h2-11,14H,12-13H2,1H3,(H,20,23)/t14-/m1/s1. The van der Waals surface area contributed by atoms with Gasteiger partial charge in [-0.15, -0.1) is 5.10 Å². The summed E-state index contributed by atoms with van der Waals surface area (Å²) in [6.45, 7) is 2.52. The third-order valence-electron chi connectivity index (χ3n) is 3.73. The summed E-state index contributed by atoms with van der Waals surface area (Å²) in [7, 11) is 0. The highest BCUT2D eigenvalue weighted by molar-refractivity contribution is 8.02. The Kier molecular flexibility index (Phi) is 6.60. The Bertz CT molecular complexity index is 907. The van der Waals surface area contributed by atoms with Crippen LogP contribution in [-0.4, -0.2) is 27.5 Å². The SMILES string of the molecule is C[C@@H](Sc1nn(-c2ccccc2)c(=S)s1)C(=O)NCCc1ccccc1. The zero-order valence-electron chi connectivity index (χ0n) is 14.3. The first kappa shape index (κ1) is 18.8. The number of hydrogen-bond donors (Lipinski definition) is 1. The minimum atomic E-state index is -0.226. The molecule has 1 N–H and O–H groups in total. The predicted octanol–water partition coefficient (Wildman–Crippen LogP) is 4.50. The second-order valence-electron chi connectivity index (χ2n) is 5.67. The van der Waals surface area contributed by atoms with Crippen molar-refractivity contribution in [1.82, 2.24) is 15.1 Å². The van der Waals surface area contributed by atoms with Gasteiger partial charge in [0.25, 0.3) is 0 Å². The van der Waals surface area contributed by atoms with Gasteiger partial charge in [0.05, 0.1) is 10.9 Å². The number of rotatable bonds is 7. The Morgan fingerprint density at radius 3 is 2.54 bits per heavy atom. The molecule has 0 bridgehead atoms. The third-order valence-corrected chi connectivity index (χ3v) is 6.15. The van der Waals surface area contributed by atoms with Crippen molar-refractivity contribution in [3.05, 3.63) is 70.2 Å². The fourth-order valence-corrected chi connectivity index (χ4v) is 4.89. The van der Waals surface area contributed by atoms with E-state index >= 15 is 0 Å². The van der Waals surface area contributed by atoms with E-state index in [1.165, 1.54) is 28.7 Å². The number of thioether (sulfide) groups is 1. The average Bonchev–Trinajstić information content (AvgIpc) is 3.03. The van der Waals surface area contributed by atoms with Gasteiger partial charge >= 0.3 is 0 Å². The molecule has 0 saturated heterocycles. The summed E-state index contributed by atoms with van der Waals surface area (Å²) in [4.78, 5) is 12.3. The van der Waals surface area contributed by atoms with Gasteiger partial charge in [0, 0.05) is 6.54 Å². The maximum absolute atomic E-state index is 12.3. The lowest BCUT2D eigenvalue weighted by Gasteiger charge is -2.10. The van der Waals surface area contributed by atoms with Gasteiger partial charge in [-0.1, -0.05) is 71.6 Å². The van der Waals surface area contributed by atoms with E-state index in [0.717, 1.165) is 16.4 Å². The highest BCUT2D eigenvalue weighted by Crippen LogP contribution is 2.27. The molecule has 1 amide bonds. The van der Waals surface area contributed by atoms with E-state index in [4.69, 9.17) is 12.2 Å². The van der Waals surface area contributed by atoms with Crippen LogP contribution in [-0.2, 0) is 11.2 Å². The van der Waals surface area contributed by atoms with E-state index in [9.17, 15) is 4.79 Å². The number of carbonyl (C=O) groups is 1. The number of nitrogens with one attached hydrogen (secondary N) is 1. The number of amides is 1. The van der Waals surface area contributed by atoms with Crippen molar-refractivity contribution in [3.63, 3.8) is 0 Å². The van der Waals surface area contributed by atoms with Crippen molar-refractivity contribution in [2.24, 2.45) is 0 Å². The quantitative estimate of drug-likeness (QED) is 0.468.